The van der Waals surface area contributed by atoms with Gasteiger partial charge in [-0.05, 0) is 73.6 Å². The summed E-state index contributed by atoms with van der Waals surface area (Å²) in [5, 5.41) is 9.87. The van der Waals surface area contributed by atoms with Crippen LogP contribution in [-0.4, -0.2) is 47.8 Å². The van der Waals surface area contributed by atoms with Crippen LogP contribution in [0.4, 0.5) is 11.8 Å². The summed E-state index contributed by atoms with van der Waals surface area (Å²) in [5.74, 6) is 1.41. The van der Waals surface area contributed by atoms with Crippen molar-refractivity contribution in [1.29, 1.82) is 0 Å². The fourth-order valence-electron chi connectivity index (χ4n) is 6.01. The largest absolute Gasteiger partial charge is 0.362 e. The van der Waals surface area contributed by atoms with E-state index in [1.54, 1.807) is 0 Å². The first kappa shape index (κ1) is 26.4. The van der Waals surface area contributed by atoms with Crippen molar-refractivity contribution in [2.75, 3.05) is 24.3 Å². The lowest BCUT2D eigenvalue weighted by molar-refractivity contribution is -0.123. The van der Waals surface area contributed by atoms with Gasteiger partial charge in [0.15, 0.2) is 0 Å². The van der Waals surface area contributed by atoms with Gasteiger partial charge in [-0.1, -0.05) is 42.5 Å². The third-order valence-corrected chi connectivity index (χ3v) is 9.51. The van der Waals surface area contributed by atoms with Crippen LogP contribution < -0.4 is 15.5 Å². The van der Waals surface area contributed by atoms with Crippen molar-refractivity contribution in [3.8, 4) is 0 Å². The topological polar surface area (TPSA) is 87.2 Å². The molecule has 0 aliphatic heterocycles. The van der Waals surface area contributed by atoms with Crippen molar-refractivity contribution in [2.45, 2.75) is 57.0 Å². The van der Waals surface area contributed by atoms with Crippen LogP contribution in [-0.2, 0) is 4.79 Å². The zero-order valence-corrected chi connectivity index (χ0v) is 24.0. The number of thiophene rings is 1. The molecule has 2 aliphatic carbocycles. The highest BCUT2D eigenvalue weighted by atomic mass is 32.1. The monoisotopic (exact) mass is 553 g/mol. The Morgan fingerprint density at radius 2 is 1.75 bits per heavy atom. The van der Waals surface area contributed by atoms with E-state index >= 15 is 0 Å². The third kappa shape index (κ3) is 5.20. The van der Waals surface area contributed by atoms with Crippen LogP contribution >= 0.6 is 11.3 Å². The molecule has 2 N–H and O–H groups in total. The predicted molar refractivity (Wildman–Crippen MR) is 161 cm³/mol. The second-order valence-electron chi connectivity index (χ2n) is 11.5. The minimum Gasteiger partial charge on any atom is -0.362 e. The van der Waals surface area contributed by atoms with Crippen LogP contribution in [0.2, 0.25) is 0 Å². The molecule has 0 saturated heterocycles. The molecule has 0 bridgehead atoms. The molecule has 2 fully saturated rings. The molecular formula is C32H35N5O2S. The standard InChI is InChI=1S/C32H35N5O2S/c1-20(21-10-12-22(13-11-21)28(38)26-9-6-18-40-26)30(39)33-23-14-16-32(17-15-23)19-27(32)35-31-34-25-8-5-4-7-24(25)29(36-31)37(2)3/h4-13,18,20,23,27H,14-17,19H2,1-3H3,(H,33,39)(H,34,35,36). The highest BCUT2D eigenvalue weighted by molar-refractivity contribution is 7.12. The number of nitrogens with zero attached hydrogens (tertiary/aromatic N) is 3. The lowest BCUT2D eigenvalue weighted by Gasteiger charge is -2.31. The molecule has 2 heterocycles. The summed E-state index contributed by atoms with van der Waals surface area (Å²) in [6, 6.07) is 19.9. The first-order chi connectivity index (χ1) is 19.3. The molecule has 6 rings (SSSR count). The van der Waals surface area contributed by atoms with Gasteiger partial charge in [-0.15, -0.1) is 11.3 Å². The van der Waals surface area contributed by atoms with E-state index in [0.29, 0.717) is 17.6 Å². The number of hydrogen-bond acceptors (Lipinski definition) is 7. The van der Waals surface area contributed by atoms with Crippen molar-refractivity contribution < 1.29 is 9.59 Å². The average molecular weight is 554 g/mol. The number of ketones is 1. The number of carbonyl (C=O) groups is 2. The van der Waals surface area contributed by atoms with Gasteiger partial charge in [0.25, 0.3) is 0 Å². The summed E-state index contributed by atoms with van der Waals surface area (Å²) < 4.78 is 0. The molecule has 2 unspecified atom stereocenters. The van der Waals surface area contributed by atoms with E-state index in [2.05, 4.69) is 16.7 Å². The molecule has 2 saturated carbocycles. The maximum absolute atomic E-state index is 13.1. The van der Waals surface area contributed by atoms with Gasteiger partial charge in [0, 0.05) is 37.1 Å². The fourth-order valence-corrected chi connectivity index (χ4v) is 6.70. The number of nitrogens with one attached hydrogen (secondary N) is 2. The fraction of sp³-hybridized carbons (Fsp3) is 0.375. The van der Waals surface area contributed by atoms with Crippen molar-refractivity contribution in [3.05, 3.63) is 82.0 Å². The SMILES string of the molecule is CC(C(=O)NC1CCC2(CC1)CC2Nc1nc(N(C)C)c2ccccc2n1)c1ccc(C(=O)c2cccs2)cc1. The number of anilines is 2. The molecule has 2 aromatic carbocycles. The van der Waals surface area contributed by atoms with Crippen LogP contribution in [0.5, 0.6) is 0 Å². The van der Waals surface area contributed by atoms with E-state index in [-0.39, 0.29) is 29.1 Å². The summed E-state index contributed by atoms with van der Waals surface area (Å²) in [7, 11) is 4.02. The Bertz CT molecular complexity index is 1520. The highest BCUT2D eigenvalue weighted by Gasteiger charge is 2.55. The Hall–Kier alpha value is -3.78. The molecule has 2 atom stereocenters. The van der Waals surface area contributed by atoms with Gasteiger partial charge in [0.1, 0.15) is 5.82 Å². The zero-order valence-electron chi connectivity index (χ0n) is 23.2. The van der Waals surface area contributed by atoms with Gasteiger partial charge in [-0.25, -0.2) is 4.98 Å². The van der Waals surface area contributed by atoms with E-state index < -0.39 is 0 Å². The zero-order chi connectivity index (χ0) is 27.9. The number of fused-ring (bicyclic) bond motifs is 1. The molecule has 8 heteroatoms. The number of hydrogen-bond donors (Lipinski definition) is 2. The lowest BCUT2D eigenvalue weighted by atomic mass is 9.82. The van der Waals surface area contributed by atoms with E-state index in [1.807, 2.05) is 85.9 Å². The Balaban J connectivity index is 1.02. The van der Waals surface area contributed by atoms with Crippen molar-refractivity contribution >= 4 is 45.7 Å². The van der Waals surface area contributed by atoms with E-state index in [4.69, 9.17) is 9.97 Å². The summed E-state index contributed by atoms with van der Waals surface area (Å²) in [6.07, 6.45) is 5.24. The first-order valence-corrected chi connectivity index (χ1v) is 14.9. The Morgan fingerprint density at radius 1 is 1.00 bits per heavy atom. The smallest absolute Gasteiger partial charge is 0.227 e. The molecule has 4 aromatic rings. The predicted octanol–water partition coefficient (Wildman–Crippen LogP) is 6.02. The van der Waals surface area contributed by atoms with Crippen molar-refractivity contribution in [3.63, 3.8) is 0 Å². The van der Waals surface area contributed by atoms with Gasteiger partial charge in [-0.3, -0.25) is 9.59 Å². The molecule has 1 spiro atoms. The summed E-state index contributed by atoms with van der Waals surface area (Å²) in [6.45, 7) is 1.93. The minimum absolute atomic E-state index is 0.0213. The molecule has 2 aromatic heterocycles. The van der Waals surface area contributed by atoms with Gasteiger partial charge in [-0.2, -0.15) is 4.98 Å². The van der Waals surface area contributed by atoms with Crippen LogP contribution in [0.15, 0.2) is 66.0 Å². The van der Waals surface area contributed by atoms with E-state index in [0.717, 1.165) is 59.3 Å². The highest BCUT2D eigenvalue weighted by Crippen LogP contribution is 2.57. The molecule has 2 aliphatic rings. The van der Waals surface area contributed by atoms with Crippen LogP contribution in [0.25, 0.3) is 10.9 Å². The first-order valence-electron chi connectivity index (χ1n) is 14.0. The van der Waals surface area contributed by atoms with Crippen LogP contribution in [0.1, 0.15) is 65.7 Å². The van der Waals surface area contributed by atoms with E-state index in [9.17, 15) is 9.59 Å². The summed E-state index contributed by atoms with van der Waals surface area (Å²) in [4.78, 5) is 38.0. The molecule has 206 valence electrons. The third-order valence-electron chi connectivity index (χ3n) is 8.64. The summed E-state index contributed by atoms with van der Waals surface area (Å²) in [5.41, 5.74) is 2.79. The molecule has 40 heavy (non-hydrogen) atoms. The maximum Gasteiger partial charge on any atom is 0.227 e. The second-order valence-corrected chi connectivity index (χ2v) is 12.4. The number of rotatable bonds is 8. The van der Waals surface area contributed by atoms with Gasteiger partial charge >= 0.3 is 0 Å². The van der Waals surface area contributed by atoms with Crippen molar-refractivity contribution in [1.82, 2.24) is 15.3 Å². The maximum atomic E-state index is 13.1. The molecular weight excluding hydrogens is 518 g/mol. The minimum atomic E-state index is -0.270. The van der Waals surface area contributed by atoms with Crippen LogP contribution in [0, 0.1) is 5.41 Å². The lowest BCUT2D eigenvalue weighted by Crippen LogP contribution is -2.40. The van der Waals surface area contributed by atoms with Crippen LogP contribution in [0.3, 0.4) is 0 Å². The Kier molecular flexibility index (Phi) is 7.04. The van der Waals surface area contributed by atoms with E-state index in [1.165, 1.54) is 11.3 Å². The van der Waals surface area contributed by atoms with Gasteiger partial charge < -0.3 is 15.5 Å². The van der Waals surface area contributed by atoms with Gasteiger partial charge in [0.05, 0.1) is 16.3 Å². The second kappa shape index (κ2) is 10.7. The van der Waals surface area contributed by atoms with Gasteiger partial charge in [0.2, 0.25) is 17.6 Å². The molecule has 7 nitrogen and oxygen atoms in total. The quantitative estimate of drug-likeness (QED) is 0.260. The number of amides is 1. The number of benzene rings is 2. The number of carbonyl (C=O) groups excluding carboxylic acids is 2. The normalized spacial score (nSPS) is 22.6. The molecule has 0 radical (unpaired) electrons. The Morgan fingerprint density at radius 3 is 2.45 bits per heavy atom. The Labute approximate surface area is 239 Å². The van der Waals surface area contributed by atoms with Crippen molar-refractivity contribution in [2.24, 2.45) is 5.41 Å². The summed E-state index contributed by atoms with van der Waals surface area (Å²) >= 11 is 1.44. The number of para-hydroxylation sites is 1. The average Bonchev–Trinajstić information content (AvgIpc) is 3.33. The molecule has 1 amide bonds. The number of aromatic nitrogens is 2.